The van der Waals surface area contributed by atoms with Crippen LogP contribution < -0.4 is 20.1 Å². The molecule has 2 heterocycles. The van der Waals surface area contributed by atoms with E-state index in [1.54, 1.807) is 30.3 Å². The van der Waals surface area contributed by atoms with E-state index in [0.717, 1.165) is 5.56 Å². The van der Waals surface area contributed by atoms with Crippen molar-refractivity contribution < 1.29 is 31.1 Å². The first-order chi connectivity index (χ1) is 18.1. The van der Waals surface area contributed by atoms with E-state index in [2.05, 4.69) is 15.4 Å². The van der Waals surface area contributed by atoms with Crippen molar-refractivity contribution in [3.63, 3.8) is 0 Å². The van der Waals surface area contributed by atoms with Gasteiger partial charge >= 0.3 is 6.36 Å². The molecule has 0 radical (unpaired) electrons. The van der Waals surface area contributed by atoms with Crippen LogP contribution in [0.25, 0.3) is 0 Å². The molecule has 3 aromatic carbocycles. The number of rotatable bonds is 8. The lowest BCUT2D eigenvalue weighted by Crippen LogP contribution is -2.58. The van der Waals surface area contributed by atoms with Crippen LogP contribution in [0.4, 0.5) is 13.2 Å². The monoisotopic (exact) mass is 546 g/mol. The second-order valence-corrected chi connectivity index (χ2v) is 11.9. The van der Waals surface area contributed by atoms with Crippen LogP contribution in [-0.2, 0) is 21.9 Å². The van der Waals surface area contributed by atoms with Gasteiger partial charge in [0.25, 0.3) is 0 Å². The zero-order valence-electron chi connectivity index (χ0n) is 20.7. The summed E-state index contributed by atoms with van der Waals surface area (Å²) in [5.41, 5.74) is 0.796. The predicted octanol–water partition coefficient (Wildman–Crippen LogP) is 4.95. The summed E-state index contributed by atoms with van der Waals surface area (Å²) in [6.45, 7) is 0.208. The van der Waals surface area contributed by atoms with Gasteiger partial charge < -0.3 is 20.1 Å². The molecular weight excluding hydrogens is 517 g/mol. The van der Waals surface area contributed by atoms with E-state index >= 15 is 0 Å². The Hall–Kier alpha value is -3.08. The van der Waals surface area contributed by atoms with Gasteiger partial charge in [-0.15, -0.1) is 13.2 Å². The molecule has 2 fully saturated rings. The second-order valence-electron chi connectivity index (χ2n) is 9.72. The maximum atomic E-state index is 13.7. The van der Waals surface area contributed by atoms with Crippen LogP contribution in [0.3, 0.4) is 0 Å². The Morgan fingerprint density at radius 2 is 1.68 bits per heavy atom. The van der Waals surface area contributed by atoms with Crippen molar-refractivity contribution in [3.05, 3.63) is 90.0 Å². The highest BCUT2D eigenvalue weighted by molar-refractivity contribution is 7.92. The number of ether oxygens (including phenoxy) is 2. The van der Waals surface area contributed by atoms with Gasteiger partial charge in [0.2, 0.25) is 0 Å². The van der Waals surface area contributed by atoms with Crippen LogP contribution in [0.1, 0.15) is 30.4 Å². The number of halogens is 3. The zero-order valence-corrected chi connectivity index (χ0v) is 21.6. The SMILES string of the molecule is COc1ccc(OC(F)(F)F)cc1CN[C@@H]1CC[C@@H]2N[C@@]1(c1ccccc1)C[C@H]2S(=O)(=O)c1ccccc1. The molecule has 202 valence electrons. The Bertz CT molecular complexity index is 1370. The van der Waals surface area contributed by atoms with Crippen LogP contribution in [-0.4, -0.2) is 39.2 Å². The molecule has 2 aliphatic rings. The largest absolute Gasteiger partial charge is 0.573 e. The zero-order chi connectivity index (χ0) is 27.0. The minimum atomic E-state index is -4.80. The summed E-state index contributed by atoms with van der Waals surface area (Å²) >= 11 is 0. The summed E-state index contributed by atoms with van der Waals surface area (Å²) in [6, 6.07) is 21.8. The molecule has 0 amide bonds. The molecule has 6 nitrogen and oxygen atoms in total. The third-order valence-corrected chi connectivity index (χ3v) is 9.78. The minimum absolute atomic E-state index is 0.186. The van der Waals surface area contributed by atoms with Crippen LogP contribution in [0.15, 0.2) is 83.8 Å². The van der Waals surface area contributed by atoms with Crippen molar-refractivity contribution in [2.75, 3.05) is 7.11 Å². The fraction of sp³-hybridized carbons (Fsp3) is 0.357. The summed E-state index contributed by atoms with van der Waals surface area (Å²) in [7, 11) is -2.14. The second kappa shape index (κ2) is 10.2. The molecule has 2 N–H and O–H groups in total. The van der Waals surface area contributed by atoms with E-state index in [1.807, 2.05) is 30.3 Å². The van der Waals surface area contributed by atoms with E-state index in [4.69, 9.17) is 4.74 Å². The van der Waals surface area contributed by atoms with Gasteiger partial charge in [0, 0.05) is 24.2 Å². The Morgan fingerprint density at radius 3 is 2.34 bits per heavy atom. The molecule has 0 saturated carbocycles. The number of piperidine rings is 1. The Morgan fingerprint density at radius 1 is 1.00 bits per heavy atom. The maximum Gasteiger partial charge on any atom is 0.573 e. The number of hydrogen-bond donors (Lipinski definition) is 2. The topological polar surface area (TPSA) is 76.7 Å². The van der Waals surface area contributed by atoms with Crippen LogP contribution in [0.2, 0.25) is 0 Å². The highest BCUT2D eigenvalue weighted by Crippen LogP contribution is 2.47. The Labute approximate surface area is 220 Å². The average molecular weight is 547 g/mol. The normalized spacial score (nSPS) is 25.2. The standard InChI is InChI=1S/C28H29F3N2O4S/c1-36-24-14-12-21(37-28(29,30)31)16-19(24)18-32-26-15-13-23-25(38(34,35)22-10-6-3-7-11-22)17-27(26,33-23)20-8-4-2-5-9-20/h2-12,14,16,23,25-26,32-33H,13,15,17-18H2,1H3/t23-,25+,26+,27+/m0/s1. The number of nitrogens with one attached hydrogen (secondary N) is 2. The van der Waals surface area contributed by atoms with Gasteiger partial charge in [0.15, 0.2) is 9.84 Å². The summed E-state index contributed by atoms with van der Waals surface area (Å²) in [6.07, 6.45) is -3.11. The molecule has 38 heavy (non-hydrogen) atoms. The van der Waals surface area contributed by atoms with Crippen molar-refractivity contribution in [1.82, 2.24) is 10.6 Å². The Balaban J connectivity index is 1.45. The highest BCUT2D eigenvalue weighted by Gasteiger charge is 2.57. The van der Waals surface area contributed by atoms with E-state index in [9.17, 15) is 21.6 Å². The van der Waals surface area contributed by atoms with Crippen LogP contribution >= 0.6 is 0 Å². The van der Waals surface area contributed by atoms with Gasteiger partial charge in [0.05, 0.1) is 22.8 Å². The molecule has 0 aromatic heterocycles. The van der Waals surface area contributed by atoms with Gasteiger partial charge in [-0.3, -0.25) is 0 Å². The van der Waals surface area contributed by atoms with Gasteiger partial charge in [-0.1, -0.05) is 48.5 Å². The third kappa shape index (κ3) is 5.12. The summed E-state index contributed by atoms with van der Waals surface area (Å²) in [4.78, 5) is 0.304. The molecule has 5 rings (SSSR count). The lowest BCUT2D eigenvalue weighted by atomic mass is 9.79. The molecule has 3 aromatic rings. The first-order valence-electron chi connectivity index (χ1n) is 12.4. The molecule has 4 atom stereocenters. The van der Waals surface area contributed by atoms with Crippen LogP contribution in [0.5, 0.6) is 11.5 Å². The fourth-order valence-electron chi connectivity index (χ4n) is 5.88. The summed E-state index contributed by atoms with van der Waals surface area (Å²) in [5, 5.41) is 6.55. The number of methoxy groups -OCH3 is 1. The van der Waals surface area contributed by atoms with Crippen molar-refractivity contribution in [3.8, 4) is 11.5 Å². The highest BCUT2D eigenvalue weighted by atomic mass is 32.2. The molecule has 2 bridgehead atoms. The number of fused-ring (bicyclic) bond motifs is 2. The lowest BCUT2D eigenvalue weighted by Gasteiger charge is -2.43. The smallest absolute Gasteiger partial charge is 0.496 e. The van der Waals surface area contributed by atoms with E-state index < -0.39 is 27.0 Å². The number of sulfone groups is 1. The van der Waals surface area contributed by atoms with Crippen molar-refractivity contribution in [1.29, 1.82) is 0 Å². The first-order valence-corrected chi connectivity index (χ1v) is 14.0. The molecule has 2 saturated heterocycles. The minimum Gasteiger partial charge on any atom is -0.496 e. The van der Waals surface area contributed by atoms with E-state index in [1.165, 1.54) is 25.3 Å². The molecule has 0 unspecified atom stereocenters. The third-order valence-electron chi connectivity index (χ3n) is 7.56. The van der Waals surface area contributed by atoms with Gasteiger partial charge in [-0.2, -0.15) is 0 Å². The lowest BCUT2D eigenvalue weighted by molar-refractivity contribution is -0.274. The Kier molecular flexibility index (Phi) is 7.15. The summed E-state index contributed by atoms with van der Waals surface area (Å²) in [5.74, 6) is 0.1000. The average Bonchev–Trinajstić information content (AvgIpc) is 3.23. The van der Waals surface area contributed by atoms with Crippen molar-refractivity contribution >= 4 is 9.84 Å². The summed E-state index contributed by atoms with van der Waals surface area (Å²) < 4.78 is 75.3. The molecule has 10 heteroatoms. The van der Waals surface area contributed by atoms with Gasteiger partial charge in [-0.05, 0) is 55.2 Å². The fourth-order valence-corrected chi connectivity index (χ4v) is 7.89. The molecule has 0 aliphatic carbocycles. The van der Waals surface area contributed by atoms with Gasteiger partial charge in [-0.25, -0.2) is 8.42 Å². The van der Waals surface area contributed by atoms with Crippen molar-refractivity contribution in [2.45, 2.75) is 59.9 Å². The number of benzene rings is 3. The molecule has 0 spiro atoms. The van der Waals surface area contributed by atoms with E-state index in [-0.39, 0.29) is 24.4 Å². The first kappa shape index (κ1) is 26.5. The quantitative estimate of drug-likeness (QED) is 0.417. The van der Waals surface area contributed by atoms with Crippen LogP contribution in [0, 0.1) is 0 Å². The van der Waals surface area contributed by atoms with E-state index in [0.29, 0.717) is 35.5 Å². The van der Waals surface area contributed by atoms with Crippen molar-refractivity contribution in [2.24, 2.45) is 0 Å². The molecule has 2 aliphatic heterocycles. The molecular formula is C28H29F3N2O4S. The predicted molar refractivity (Wildman–Crippen MR) is 137 cm³/mol. The number of alkyl halides is 3. The number of hydrogen-bond acceptors (Lipinski definition) is 6. The van der Waals surface area contributed by atoms with Gasteiger partial charge in [0.1, 0.15) is 11.5 Å². The maximum absolute atomic E-state index is 13.7.